The van der Waals surface area contributed by atoms with Gasteiger partial charge in [0.25, 0.3) is 5.19 Å². The van der Waals surface area contributed by atoms with Crippen molar-refractivity contribution in [1.82, 2.24) is 20.6 Å². The Morgan fingerprint density at radius 1 is 1.38 bits per heavy atom. The number of hydrogen-bond acceptors (Lipinski definition) is 6. The molecule has 3 aromatic rings. The van der Waals surface area contributed by atoms with Gasteiger partial charge in [0.05, 0.1) is 15.9 Å². The third kappa shape index (κ3) is 5.54. The number of carbonyl (C=O) groups excluding carboxylic acids is 1. The molecular formula is C19H21Cl2FN4O2S. The Bertz CT molecular complexity index is 940. The van der Waals surface area contributed by atoms with E-state index in [0.29, 0.717) is 35.6 Å². The van der Waals surface area contributed by atoms with Gasteiger partial charge in [-0.3, -0.25) is 9.78 Å². The molecule has 0 spiro atoms. The normalized spacial score (nSPS) is 12.8. The zero-order valence-electron chi connectivity index (χ0n) is 15.8. The Hall–Kier alpha value is -2.00. The number of pyridine rings is 1. The fraction of sp³-hybridized carbons (Fsp3) is 0.316. The van der Waals surface area contributed by atoms with Gasteiger partial charge in [0.2, 0.25) is 6.41 Å². The van der Waals surface area contributed by atoms with Gasteiger partial charge < -0.3 is 15.4 Å². The fourth-order valence-electron chi connectivity index (χ4n) is 2.86. The first-order chi connectivity index (χ1) is 13.5. The van der Waals surface area contributed by atoms with Crippen molar-refractivity contribution in [2.24, 2.45) is 0 Å². The summed E-state index contributed by atoms with van der Waals surface area (Å²) in [6.07, 6.45) is 4.58. The van der Waals surface area contributed by atoms with Gasteiger partial charge in [0.1, 0.15) is 5.52 Å². The topological polar surface area (TPSA) is 76.1 Å². The Morgan fingerprint density at radius 2 is 2.17 bits per heavy atom. The maximum Gasteiger partial charge on any atom is 0.280 e. The molecule has 1 aromatic carbocycles. The third-order valence-corrected chi connectivity index (χ3v) is 5.43. The lowest BCUT2D eigenvalue weighted by Crippen LogP contribution is -2.38. The van der Waals surface area contributed by atoms with E-state index in [1.165, 1.54) is 11.3 Å². The average Bonchev–Trinajstić information content (AvgIpc) is 3.10. The van der Waals surface area contributed by atoms with E-state index in [2.05, 4.69) is 20.6 Å². The van der Waals surface area contributed by atoms with Crippen LogP contribution >= 0.6 is 35.3 Å². The summed E-state index contributed by atoms with van der Waals surface area (Å²) < 4.78 is 21.9. The standard InChI is InChI=1S/C19H20ClFN4O2S.ClH/c1-3-14(24-11(2)8-23-10-26)12-4-5-13(20)18(17(12)21)27-19-25-15-9-22-7-6-16(15)28-19;/h4-7,9-11,14,24H,3,8H2,1-2H3,(H,23,26);1H/t11-,14+;/m0./s1. The molecule has 0 aliphatic heterocycles. The van der Waals surface area contributed by atoms with E-state index < -0.39 is 5.82 Å². The SMILES string of the molecule is CC[C@@H](N[C@@H](C)CNC=O)c1ccc(Cl)c(Oc2nc3cnccc3s2)c1F.Cl. The Balaban J connectivity index is 0.00000300. The smallest absolute Gasteiger partial charge is 0.280 e. The van der Waals surface area contributed by atoms with Gasteiger partial charge >= 0.3 is 0 Å². The zero-order chi connectivity index (χ0) is 20.1. The number of rotatable bonds is 9. The molecule has 0 fully saturated rings. The van der Waals surface area contributed by atoms with Gasteiger partial charge in [0, 0.05) is 30.4 Å². The third-order valence-electron chi connectivity index (χ3n) is 4.22. The minimum absolute atomic E-state index is 0. The monoisotopic (exact) mass is 458 g/mol. The summed E-state index contributed by atoms with van der Waals surface area (Å²) in [6, 6.07) is 4.78. The Labute approximate surface area is 183 Å². The van der Waals surface area contributed by atoms with Crippen LogP contribution in [0.5, 0.6) is 10.9 Å². The van der Waals surface area contributed by atoms with Crippen molar-refractivity contribution in [2.75, 3.05) is 6.54 Å². The van der Waals surface area contributed by atoms with E-state index in [9.17, 15) is 4.79 Å². The second kappa shape index (κ2) is 10.7. The first-order valence-electron chi connectivity index (χ1n) is 8.82. The minimum atomic E-state index is -0.528. The van der Waals surface area contributed by atoms with Gasteiger partial charge in [-0.25, -0.2) is 9.37 Å². The lowest BCUT2D eigenvalue weighted by atomic mass is 10.0. The molecule has 3 rings (SSSR count). The maximum atomic E-state index is 15.3. The number of nitrogens with one attached hydrogen (secondary N) is 2. The summed E-state index contributed by atoms with van der Waals surface area (Å²) in [7, 11) is 0. The number of halogens is 3. The van der Waals surface area contributed by atoms with Gasteiger partial charge in [-0.05, 0) is 25.5 Å². The first-order valence-corrected chi connectivity index (χ1v) is 10.0. The highest BCUT2D eigenvalue weighted by Crippen LogP contribution is 2.38. The number of amides is 1. The molecule has 29 heavy (non-hydrogen) atoms. The van der Waals surface area contributed by atoms with Crippen LogP contribution in [0.4, 0.5) is 4.39 Å². The average molecular weight is 459 g/mol. The molecule has 0 aliphatic carbocycles. The summed E-state index contributed by atoms with van der Waals surface area (Å²) >= 11 is 7.50. The summed E-state index contributed by atoms with van der Waals surface area (Å²) in [5, 5.41) is 6.39. The molecule has 0 saturated carbocycles. The molecule has 0 bridgehead atoms. The van der Waals surface area contributed by atoms with Crippen molar-refractivity contribution in [3.05, 3.63) is 47.0 Å². The number of benzene rings is 1. The molecule has 10 heteroatoms. The lowest BCUT2D eigenvalue weighted by Gasteiger charge is -2.23. The number of fused-ring (bicyclic) bond motifs is 1. The number of aromatic nitrogens is 2. The lowest BCUT2D eigenvalue weighted by molar-refractivity contribution is -0.109. The van der Waals surface area contributed by atoms with Crippen molar-refractivity contribution >= 4 is 52.0 Å². The molecule has 0 aliphatic rings. The molecule has 6 nitrogen and oxygen atoms in total. The van der Waals surface area contributed by atoms with Crippen molar-refractivity contribution in [1.29, 1.82) is 0 Å². The van der Waals surface area contributed by atoms with Crippen molar-refractivity contribution < 1.29 is 13.9 Å². The first kappa shape index (κ1) is 23.3. The molecule has 0 radical (unpaired) electrons. The molecule has 0 saturated heterocycles. The van der Waals surface area contributed by atoms with Crippen LogP contribution in [-0.4, -0.2) is 29.0 Å². The van der Waals surface area contributed by atoms with Crippen LogP contribution in [0.25, 0.3) is 10.2 Å². The zero-order valence-corrected chi connectivity index (χ0v) is 18.2. The van der Waals surface area contributed by atoms with E-state index >= 15 is 4.39 Å². The number of thiazole rings is 1. The highest BCUT2D eigenvalue weighted by atomic mass is 35.5. The van der Waals surface area contributed by atoms with Crippen molar-refractivity contribution in [3.63, 3.8) is 0 Å². The molecule has 2 heterocycles. The van der Waals surface area contributed by atoms with E-state index in [0.717, 1.165) is 4.70 Å². The molecule has 2 N–H and O–H groups in total. The van der Waals surface area contributed by atoms with Crippen LogP contribution in [0.15, 0.2) is 30.6 Å². The number of carbonyl (C=O) groups is 1. The van der Waals surface area contributed by atoms with Gasteiger partial charge in [-0.2, -0.15) is 0 Å². The van der Waals surface area contributed by atoms with Gasteiger partial charge in [-0.15, -0.1) is 12.4 Å². The number of hydrogen-bond donors (Lipinski definition) is 2. The Kier molecular flexibility index (Phi) is 8.58. The number of nitrogens with zero attached hydrogens (tertiary/aromatic N) is 2. The molecule has 156 valence electrons. The molecule has 1 amide bonds. The van der Waals surface area contributed by atoms with Crippen LogP contribution in [-0.2, 0) is 4.79 Å². The van der Waals surface area contributed by atoms with E-state index in [4.69, 9.17) is 16.3 Å². The van der Waals surface area contributed by atoms with Gasteiger partial charge in [0.15, 0.2) is 11.6 Å². The predicted octanol–water partition coefficient (Wildman–Crippen LogP) is 4.87. The van der Waals surface area contributed by atoms with E-state index in [-0.39, 0.29) is 35.3 Å². The largest absolute Gasteiger partial charge is 0.426 e. The van der Waals surface area contributed by atoms with Crippen LogP contribution in [0.1, 0.15) is 31.9 Å². The minimum Gasteiger partial charge on any atom is -0.426 e. The van der Waals surface area contributed by atoms with E-state index in [1.54, 1.807) is 24.5 Å². The quantitative estimate of drug-likeness (QED) is 0.447. The molecule has 2 aromatic heterocycles. The summed E-state index contributed by atoms with van der Waals surface area (Å²) in [6.45, 7) is 4.31. The van der Waals surface area contributed by atoms with Crippen LogP contribution < -0.4 is 15.4 Å². The summed E-state index contributed by atoms with van der Waals surface area (Å²) in [4.78, 5) is 18.8. The van der Waals surface area contributed by atoms with Crippen molar-refractivity contribution in [3.8, 4) is 10.9 Å². The molecular weight excluding hydrogens is 438 g/mol. The highest BCUT2D eigenvalue weighted by Gasteiger charge is 2.22. The molecule has 0 unspecified atom stereocenters. The van der Waals surface area contributed by atoms with E-state index in [1.807, 2.05) is 19.9 Å². The van der Waals surface area contributed by atoms with Crippen LogP contribution in [0.2, 0.25) is 5.02 Å². The second-order valence-electron chi connectivity index (χ2n) is 6.26. The highest BCUT2D eigenvalue weighted by molar-refractivity contribution is 7.20. The second-order valence-corrected chi connectivity index (χ2v) is 7.66. The van der Waals surface area contributed by atoms with Crippen molar-refractivity contribution in [2.45, 2.75) is 32.4 Å². The fourth-order valence-corrected chi connectivity index (χ4v) is 3.83. The summed E-state index contributed by atoms with van der Waals surface area (Å²) in [5.74, 6) is -0.579. The molecule has 2 atom stereocenters. The predicted molar refractivity (Wildman–Crippen MR) is 116 cm³/mol. The van der Waals surface area contributed by atoms with Gasteiger partial charge in [-0.1, -0.05) is 35.9 Å². The summed E-state index contributed by atoms with van der Waals surface area (Å²) in [5.41, 5.74) is 1.13. The van der Waals surface area contributed by atoms with Crippen LogP contribution in [0.3, 0.4) is 0 Å². The van der Waals surface area contributed by atoms with Crippen LogP contribution in [0, 0.1) is 5.82 Å². The Morgan fingerprint density at radius 3 is 2.86 bits per heavy atom. The number of ether oxygens (including phenoxy) is 1. The maximum absolute atomic E-state index is 15.3.